The molecular formula is C17H33N. The SMILES string of the molecule is CCCC1CCCC(NCC2(C(C)C)CC2)CC1. The van der Waals surface area contributed by atoms with Crippen LogP contribution in [0, 0.1) is 17.3 Å². The van der Waals surface area contributed by atoms with E-state index >= 15 is 0 Å². The quantitative estimate of drug-likeness (QED) is 0.671. The van der Waals surface area contributed by atoms with Crippen molar-refractivity contribution in [2.24, 2.45) is 17.3 Å². The highest BCUT2D eigenvalue weighted by Crippen LogP contribution is 2.51. The van der Waals surface area contributed by atoms with Crippen LogP contribution in [0.2, 0.25) is 0 Å². The molecule has 0 spiro atoms. The smallest absolute Gasteiger partial charge is 0.00674 e. The number of rotatable bonds is 6. The van der Waals surface area contributed by atoms with Crippen LogP contribution in [0.1, 0.15) is 78.6 Å². The minimum Gasteiger partial charge on any atom is -0.313 e. The van der Waals surface area contributed by atoms with Crippen molar-refractivity contribution in [2.75, 3.05) is 6.54 Å². The van der Waals surface area contributed by atoms with Crippen LogP contribution in [0.4, 0.5) is 0 Å². The fourth-order valence-corrected chi connectivity index (χ4v) is 3.75. The van der Waals surface area contributed by atoms with E-state index in [4.69, 9.17) is 0 Å². The van der Waals surface area contributed by atoms with Gasteiger partial charge in [0.1, 0.15) is 0 Å². The maximum Gasteiger partial charge on any atom is 0.00674 e. The molecule has 1 N–H and O–H groups in total. The molecule has 2 fully saturated rings. The molecule has 2 aliphatic rings. The molecule has 0 aromatic heterocycles. The largest absolute Gasteiger partial charge is 0.313 e. The molecule has 2 saturated carbocycles. The van der Waals surface area contributed by atoms with Crippen LogP contribution < -0.4 is 5.32 Å². The van der Waals surface area contributed by atoms with Crippen molar-refractivity contribution in [3.63, 3.8) is 0 Å². The molecule has 1 heteroatoms. The molecule has 0 heterocycles. The van der Waals surface area contributed by atoms with Crippen LogP contribution in [0.5, 0.6) is 0 Å². The van der Waals surface area contributed by atoms with Crippen LogP contribution in [-0.4, -0.2) is 12.6 Å². The van der Waals surface area contributed by atoms with Crippen LogP contribution in [0.3, 0.4) is 0 Å². The lowest BCUT2D eigenvalue weighted by Gasteiger charge is -2.24. The van der Waals surface area contributed by atoms with E-state index in [-0.39, 0.29) is 0 Å². The van der Waals surface area contributed by atoms with Crippen LogP contribution in [0.25, 0.3) is 0 Å². The van der Waals surface area contributed by atoms with Gasteiger partial charge in [-0.1, -0.05) is 46.5 Å². The molecule has 2 atom stereocenters. The number of nitrogens with one attached hydrogen (secondary N) is 1. The highest BCUT2D eigenvalue weighted by Gasteiger charge is 2.45. The van der Waals surface area contributed by atoms with Crippen molar-refractivity contribution < 1.29 is 0 Å². The molecule has 0 radical (unpaired) electrons. The Hall–Kier alpha value is -0.0400. The highest BCUT2D eigenvalue weighted by molar-refractivity contribution is 4.97. The van der Waals surface area contributed by atoms with E-state index < -0.39 is 0 Å². The summed E-state index contributed by atoms with van der Waals surface area (Å²) in [5.74, 6) is 1.89. The van der Waals surface area contributed by atoms with E-state index in [0.29, 0.717) is 5.41 Å². The third-order valence-corrected chi connectivity index (χ3v) is 5.65. The summed E-state index contributed by atoms with van der Waals surface area (Å²) in [5.41, 5.74) is 0.676. The Morgan fingerprint density at radius 1 is 1.11 bits per heavy atom. The first kappa shape index (κ1) is 14.4. The van der Waals surface area contributed by atoms with E-state index in [1.807, 2.05) is 0 Å². The number of hydrogen-bond donors (Lipinski definition) is 1. The van der Waals surface area contributed by atoms with Gasteiger partial charge in [-0.3, -0.25) is 0 Å². The summed E-state index contributed by atoms with van der Waals surface area (Å²) in [7, 11) is 0. The van der Waals surface area contributed by atoms with Gasteiger partial charge in [-0.15, -0.1) is 0 Å². The van der Waals surface area contributed by atoms with Crippen molar-refractivity contribution in [2.45, 2.75) is 84.6 Å². The van der Waals surface area contributed by atoms with Gasteiger partial charge in [-0.2, -0.15) is 0 Å². The first-order chi connectivity index (χ1) is 8.66. The summed E-state index contributed by atoms with van der Waals surface area (Å²) in [4.78, 5) is 0. The van der Waals surface area contributed by atoms with Crippen LogP contribution >= 0.6 is 0 Å². The molecule has 0 saturated heterocycles. The normalized spacial score (nSPS) is 31.3. The number of hydrogen-bond acceptors (Lipinski definition) is 1. The van der Waals surface area contributed by atoms with Gasteiger partial charge in [0, 0.05) is 12.6 Å². The zero-order valence-corrected chi connectivity index (χ0v) is 12.8. The van der Waals surface area contributed by atoms with E-state index in [1.54, 1.807) is 0 Å². The van der Waals surface area contributed by atoms with E-state index in [0.717, 1.165) is 17.9 Å². The van der Waals surface area contributed by atoms with Gasteiger partial charge in [0.25, 0.3) is 0 Å². The van der Waals surface area contributed by atoms with Crippen LogP contribution in [-0.2, 0) is 0 Å². The topological polar surface area (TPSA) is 12.0 Å². The first-order valence-electron chi connectivity index (χ1n) is 8.39. The van der Waals surface area contributed by atoms with Gasteiger partial charge in [0.15, 0.2) is 0 Å². The summed E-state index contributed by atoms with van der Waals surface area (Å²) >= 11 is 0. The molecule has 0 aliphatic heterocycles. The maximum atomic E-state index is 3.91. The van der Waals surface area contributed by atoms with Crippen molar-refractivity contribution in [1.29, 1.82) is 0 Å². The summed E-state index contributed by atoms with van der Waals surface area (Å²) in [5, 5.41) is 3.91. The van der Waals surface area contributed by atoms with E-state index in [9.17, 15) is 0 Å². The zero-order chi connectivity index (χ0) is 13.0. The summed E-state index contributed by atoms with van der Waals surface area (Å²) in [6.07, 6.45) is 13.0. The van der Waals surface area contributed by atoms with Gasteiger partial charge >= 0.3 is 0 Å². The minimum atomic E-state index is 0.676. The minimum absolute atomic E-state index is 0.676. The summed E-state index contributed by atoms with van der Waals surface area (Å²) < 4.78 is 0. The fourth-order valence-electron chi connectivity index (χ4n) is 3.75. The monoisotopic (exact) mass is 251 g/mol. The average molecular weight is 251 g/mol. The Balaban J connectivity index is 1.71. The van der Waals surface area contributed by atoms with Gasteiger partial charge in [-0.05, 0) is 49.4 Å². The molecule has 0 aromatic rings. The molecule has 1 nitrogen and oxygen atoms in total. The third-order valence-electron chi connectivity index (χ3n) is 5.65. The molecule has 0 bridgehead atoms. The molecule has 0 amide bonds. The van der Waals surface area contributed by atoms with Gasteiger partial charge < -0.3 is 5.32 Å². The standard InChI is InChI=1S/C17H33N/c1-4-6-15-7-5-8-16(10-9-15)18-13-17(11-12-17)14(2)3/h14-16,18H,4-13H2,1-3H3. The predicted molar refractivity (Wildman–Crippen MR) is 79.8 cm³/mol. The molecule has 2 rings (SSSR count). The van der Waals surface area contributed by atoms with Crippen molar-refractivity contribution in [3.05, 3.63) is 0 Å². The Morgan fingerprint density at radius 3 is 2.50 bits per heavy atom. The zero-order valence-electron chi connectivity index (χ0n) is 12.8. The Kier molecular flexibility index (Phi) is 5.12. The predicted octanol–water partition coefficient (Wildman–Crippen LogP) is 4.76. The lowest BCUT2D eigenvalue weighted by Crippen LogP contribution is -2.35. The Labute approximate surface area is 114 Å². The van der Waals surface area contributed by atoms with Crippen molar-refractivity contribution in [1.82, 2.24) is 5.32 Å². The van der Waals surface area contributed by atoms with Crippen molar-refractivity contribution in [3.8, 4) is 0 Å². The molecule has 106 valence electrons. The molecule has 2 aliphatic carbocycles. The van der Waals surface area contributed by atoms with Gasteiger partial charge in [0.2, 0.25) is 0 Å². The molecule has 0 aromatic carbocycles. The average Bonchev–Trinajstić information content (AvgIpc) is 3.12. The highest BCUT2D eigenvalue weighted by atomic mass is 14.9. The van der Waals surface area contributed by atoms with E-state index in [1.165, 1.54) is 64.3 Å². The van der Waals surface area contributed by atoms with E-state index in [2.05, 4.69) is 26.1 Å². The first-order valence-corrected chi connectivity index (χ1v) is 8.39. The molecular weight excluding hydrogens is 218 g/mol. The second kappa shape index (κ2) is 6.41. The molecule has 18 heavy (non-hydrogen) atoms. The Morgan fingerprint density at radius 2 is 1.89 bits per heavy atom. The van der Waals surface area contributed by atoms with Crippen LogP contribution in [0.15, 0.2) is 0 Å². The second-order valence-corrected chi connectivity index (χ2v) is 7.26. The third kappa shape index (κ3) is 3.73. The lowest BCUT2D eigenvalue weighted by atomic mass is 9.91. The van der Waals surface area contributed by atoms with Gasteiger partial charge in [0.05, 0.1) is 0 Å². The lowest BCUT2D eigenvalue weighted by molar-refractivity contribution is 0.308. The van der Waals surface area contributed by atoms with Gasteiger partial charge in [-0.25, -0.2) is 0 Å². The molecule has 2 unspecified atom stereocenters. The fraction of sp³-hybridized carbons (Fsp3) is 1.00. The summed E-state index contributed by atoms with van der Waals surface area (Å²) in [6.45, 7) is 8.42. The maximum absolute atomic E-state index is 3.91. The van der Waals surface area contributed by atoms with Crippen molar-refractivity contribution >= 4 is 0 Å². The summed E-state index contributed by atoms with van der Waals surface area (Å²) in [6, 6.07) is 0.822. The Bertz CT molecular complexity index is 242. The second-order valence-electron chi connectivity index (χ2n) is 7.26.